The Bertz CT molecular complexity index is 407. The fourth-order valence-corrected chi connectivity index (χ4v) is 2.09. The monoisotopic (exact) mass is 253 g/mol. The molecular formula is C11H19N5O2. The van der Waals surface area contributed by atoms with Gasteiger partial charge in [0.2, 0.25) is 0 Å². The lowest BCUT2D eigenvalue weighted by atomic mass is 10.1. The molecule has 0 unspecified atom stereocenters. The van der Waals surface area contributed by atoms with Gasteiger partial charge in [-0.1, -0.05) is 4.98 Å². The van der Waals surface area contributed by atoms with Crippen molar-refractivity contribution in [3.8, 4) is 0 Å². The van der Waals surface area contributed by atoms with Crippen molar-refractivity contribution in [1.82, 2.24) is 4.98 Å². The highest BCUT2D eigenvalue weighted by atomic mass is 16.5. The van der Waals surface area contributed by atoms with Crippen LogP contribution in [0.1, 0.15) is 19.3 Å². The van der Waals surface area contributed by atoms with Crippen molar-refractivity contribution in [3.05, 3.63) is 11.3 Å². The minimum atomic E-state index is -0.0708. The van der Waals surface area contributed by atoms with Gasteiger partial charge in [0.15, 0.2) is 11.6 Å². The molecule has 0 amide bonds. The summed E-state index contributed by atoms with van der Waals surface area (Å²) in [4.78, 5) is 6.25. The van der Waals surface area contributed by atoms with Gasteiger partial charge in [-0.05, 0) is 19.3 Å². The van der Waals surface area contributed by atoms with E-state index < -0.39 is 0 Å². The van der Waals surface area contributed by atoms with E-state index in [4.69, 9.17) is 10.8 Å². The average molecular weight is 253 g/mol. The molecule has 1 fully saturated rings. The second-order valence-corrected chi connectivity index (χ2v) is 4.35. The minimum Gasteiger partial charge on any atom is -0.754 e. The molecule has 2 heterocycles. The summed E-state index contributed by atoms with van der Waals surface area (Å²) in [6.07, 6.45) is 3.50. The van der Waals surface area contributed by atoms with Crippen LogP contribution in [0.4, 0.5) is 17.6 Å². The van der Waals surface area contributed by atoms with Gasteiger partial charge in [0, 0.05) is 13.1 Å². The van der Waals surface area contributed by atoms with E-state index in [9.17, 15) is 5.21 Å². The number of nitrogen functional groups attached to an aromatic ring is 1. The number of piperidine rings is 1. The SMILES string of the molecule is Nc1nc(N2CCCCC2)cc(NCCO)[n+]1[O-]. The zero-order valence-corrected chi connectivity index (χ0v) is 10.3. The van der Waals surface area contributed by atoms with E-state index in [0.29, 0.717) is 17.1 Å². The molecule has 0 atom stereocenters. The van der Waals surface area contributed by atoms with Crippen molar-refractivity contribution in [2.24, 2.45) is 0 Å². The molecule has 1 aromatic heterocycles. The van der Waals surface area contributed by atoms with Gasteiger partial charge in [-0.3, -0.25) is 0 Å². The second kappa shape index (κ2) is 5.72. The molecule has 7 nitrogen and oxygen atoms in total. The van der Waals surface area contributed by atoms with Gasteiger partial charge < -0.3 is 26.3 Å². The van der Waals surface area contributed by atoms with Gasteiger partial charge >= 0.3 is 5.95 Å². The summed E-state index contributed by atoms with van der Waals surface area (Å²) in [7, 11) is 0. The predicted octanol–water partition coefficient (Wildman–Crippen LogP) is -0.308. The number of aliphatic hydroxyl groups is 1. The number of anilines is 3. The molecule has 0 saturated carbocycles. The summed E-state index contributed by atoms with van der Waals surface area (Å²) in [6, 6.07) is 1.68. The highest BCUT2D eigenvalue weighted by Crippen LogP contribution is 2.19. The Kier molecular flexibility index (Phi) is 4.03. The van der Waals surface area contributed by atoms with Crippen LogP contribution in [-0.2, 0) is 0 Å². The number of aromatic nitrogens is 2. The smallest absolute Gasteiger partial charge is 0.346 e. The Morgan fingerprint density at radius 3 is 2.83 bits per heavy atom. The normalized spacial score (nSPS) is 15.7. The van der Waals surface area contributed by atoms with Crippen LogP contribution in [-0.4, -0.2) is 36.3 Å². The number of rotatable bonds is 4. The number of hydrogen-bond donors (Lipinski definition) is 3. The number of nitrogens with zero attached hydrogens (tertiary/aromatic N) is 3. The first kappa shape index (κ1) is 12.7. The van der Waals surface area contributed by atoms with E-state index in [1.54, 1.807) is 6.07 Å². The molecule has 0 bridgehead atoms. The number of nitrogens with two attached hydrogens (primary N) is 1. The van der Waals surface area contributed by atoms with E-state index in [1.165, 1.54) is 6.42 Å². The van der Waals surface area contributed by atoms with Crippen LogP contribution in [0.25, 0.3) is 0 Å². The molecule has 0 spiro atoms. The van der Waals surface area contributed by atoms with Crippen LogP contribution in [0.15, 0.2) is 6.07 Å². The fourth-order valence-electron chi connectivity index (χ4n) is 2.09. The maximum absolute atomic E-state index is 11.7. The summed E-state index contributed by atoms with van der Waals surface area (Å²) in [5, 5.41) is 23.3. The average Bonchev–Trinajstić information content (AvgIpc) is 2.41. The van der Waals surface area contributed by atoms with Crippen LogP contribution >= 0.6 is 0 Å². The molecule has 1 aromatic rings. The van der Waals surface area contributed by atoms with Crippen LogP contribution in [0, 0.1) is 5.21 Å². The first-order valence-electron chi connectivity index (χ1n) is 6.22. The number of aliphatic hydroxyl groups excluding tert-OH is 1. The lowest BCUT2D eigenvalue weighted by Crippen LogP contribution is -2.38. The van der Waals surface area contributed by atoms with Crippen molar-refractivity contribution in [1.29, 1.82) is 0 Å². The van der Waals surface area contributed by atoms with Crippen LogP contribution in [0.2, 0.25) is 0 Å². The number of nitrogens with one attached hydrogen (secondary N) is 1. The van der Waals surface area contributed by atoms with Crippen molar-refractivity contribution in [2.45, 2.75) is 19.3 Å². The molecule has 100 valence electrons. The lowest BCUT2D eigenvalue weighted by Gasteiger charge is -2.27. The maximum atomic E-state index is 11.7. The zero-order chi connectivity index (χ0) is 13.0. The van der Waals surface area contributed by atoms with Gasteiger partial charge in [0.25, 0.3) is 0 Å². The minimum absolute atomic E-state index is 0.0404. The van der Waals surface area contributed by atoms with Gasteiger partial charge in [-0.2, -0.15) is 0 Å². The molecule has 4 N–H and O–H groups in total. The number of hydrogen-bond acceptors (Lipinski definition) is 6. The topological polar surface area (TPSA) is 101 Å². The summed E-state index contributed by atoms with van der Waals surface area (Å²) in [5.41, 5.74) is 5.61. The van der Waals surface area contributed by atoms with E-state index in [2.05, 4.69) is 15.2 Å². The molecule has 0 aliphatic carbocycles. The van der Waals surface area contributed by atoms with Gasteiger partial charge in [-0.15, -0.1) is 0 Å². The highest BCUT2D eigenvalue weighted by molar-refractivity contribution is 5.49. The van der Waals surface area contributed by atoms with Gasteiger partial charge in [0.1, 0.15) is 0 Å². The van der Waals surface area contributed by atoms with Gasteiger partial charge in [0.05, 0.1) is 19.2 Å². The Balaban J connectivity index is 2.22. The van der Waals surface area contributed by atoms with Crippen LogP contribution in [0.5, 0.6) is 0 Å². The summed E-state index contributed by atoms with van der Waals surface area (Å²) >= 11 is 0. The third kappa shape index (κ3) is 2.73. The maximum Gasteiger partial charge on any atom is 0.346 e. The molecule has 0 radical (unpaired) electrons. The Hall–Kier alpha value is -1.76. The summed E-state index contributed by atoms with van der Waals surface area (Å²) in [5.74, 6) is 0.982. The molecule has 7 heteroatoms. The quantitative estimate of drug-likeness (QED) is 0.502. The highest BCUT2D eigenvalue weighted by Gasteiger charge is 2.18. The standard InChI is InChI=1S/C11H19N5O2/c12-11-14-10(15-5-2-1-3-6-15)8-9(16(11)18)13-4-7-17/h8,13,17H,1-7H2,(H2,12,14). The molecule has 1 aliphatic heterocycles. The second-order valence-electron chi connectivity index (χ2n) is 4.35. The Morgan fingerprint density at radius 1 is 1.44 bits per heavy atom. The predicted molar refractivity (Wildman–Crippen MR) is 69.2 cm³/mol. The molecular weight excluding hydrogens is 234 g/mol. The summed E-state index contributed by atoms with van der Waals surface area (Å²) in [6.45, 7) is 2.15. The molecule has 0 aromatic carbocycles. The van der Waals surface area contributed by atoms with E-state index >= 15 is 0 Å². The third-order valence-electron chi connectivity index (χ3n) is 3.02. The fraction of sp³-hybridized carbons (Fsp3) is 0.636. The molecule has 1 saturated heterocycles. The largest absolute Gasteiger partial charge is 0.754 e. The van der Waals surface area contributed by atoms with Crippen molar-refractivity contribution < 1.29 is 9.84 Å². The Morgan fingerprint density at radius 2 is 2.17 bits per heavy atom. The lowest BCUT2D eigenvalue weighted by molar-refractivity contribution is -0.577. The van der Waals surface area contributed by atoms with Crippen molar-refractivity contribution in [3.63, 3.8) is 0 Å². The van der Waals surface area contributed by atoms with Gasteiger partial charge in [-0.25, -0.2) is 4.73 Å². The first-order valence-corrected chi connectivity index (χ1v) is 6.22. The third-order valence-corrected chi connectivity index (χ3v) is 3.02. The van der Waals surface area contributed by atoms with Crippen LogP contribution < -0.4 is 20.7 Å². The van der Waals surface area contributed by atoms with E-state index in [1.807, 2.05) is 0 Å². The molecule has 2 rings (SSSR count). The summed E-state index contributed by atoms with van der Waals surface area (Å²) < 4.78 is 0.545. The van der Waals surface area contributed by atoms with Crippen molar-refractivity contribution in [2.75, 3.05) is 42.2 Å². The van der Waals surface area contributed by atoms with Crippen LogP contribution in [0.3, 0.4) is 0 Å². The van der Waals surface area contributed by atoms with E-state index in [0.717, 1.165) is 31.7 Å². The molecule has 18 heavy (non-hydrogen) atoms. The van der Waals surface area contributed by atoms with E-state index in [-0.39, 0.29) is 12.6 Å². The van der Waals surface area contributed by atoms with Crippen molar-refractivity contribution >= 4 is 17.6 Å². The molecule has 1 aliphatic rings. The Labute approximate surface area is 106 Å². The first-order chi connectivity index (χ1) is 8.72. The zero-order valence-electron chi connectivity index (χ0n) is 10.3.